The summed E-state index contributed by atoms with van der Waals surface area (Å²) in [5, 5.41) is 1.39. The van der Waals surface area contributed by atoms with Crippen LogP contribution in [0, 0.1) is 5.82 Å². The maximum atomic E-state index is 13.7. The third-order valence-corrected chi connectivity index (χ3v) is 2.32. The predicted molar refractivity (Wildman–Crippen MR) is 61.6 cm³/mol. The van der Waals surface area contributed by atoms with Gasteiger partial charge in [-0.3, -0.25) is 4.79 Å². The van der Waals surface area contributed by atoms with Crippen molar-refractivity contribution in [2.24, 2.45) is 0 Å². The Kier molecular flexibility index (Phi) is 4.69. The van der Waals surface area contributed by atoms with E-state index in [0.29, 0.717) is 0 Å². The molecule has 1 aliphatic rings. The Morgan fingerprint density at radius 1 is 1.30 bits per heavy atom. The van der Waals surface area contributed by atoms with E-state index in [1.807, 2.05) is 13.8 Å². The van der Waals surface area contributed by atoms with Gasteiger partial charge in [-0.15, -0.1) is 0 Å². The number of alkyl halides is 3. The lowest BCUT2D eigenvalue weighted by Gasteiger charge is -2.09. The molecule has 1 aromatic carbocycles. The highest BCUT2D eigenvalue weighted by Gasteiger charge is 2.39. The summed E-state index contributed by atoms with van der Waals surface area (Å²) in [5.41, 5.74) is -0.869. The van der Waals surface area contributed by atoms with Crippen molar-refractivity contribution in [3.05, 3.63) is 29.1 Å². The van der Waals surface area contributed by atoms with E-state index < -0.39 is 29.6 Å². The van der Waals surface area contributed by atoms with Gasteiger partial charge in [0, 0.05) is 5.56 Å². The van der Waals surface area contributed by atoms with Crippen LogP contribution in [0.4, 0.5) is 23.2 Å². The Morgan fingerprint density at radius 3 is 2.45 bits per heavy atom. The standard InChI is InChI=1S/C10H5F4NO3.C2H6/c11-7-5-3-18-8(16)4(5)1-2-6(7)15-9(17)10(12,13)14;1-2/h1-2H,3H2,(H,15,17);1-2H3. The molecule has 1 aromatic rings. The molecule has 1 N–H and O–H groups in total. The second-order valence-corrected chi connectivity index (χ2v) is 3.48. The zero-order valence-corrected chi connectivity index (χ0v) is 10.6. The smallest absolute Gasteiger partial charge is 0.457 e. The molecule has 1 amide bonds. The van der Waals surface area contributed by atoms with Gasteiger partial charge in [0.2, 0.25) is 0 Å². The number of rotatable bonds is 1. The van der Waals surface area contributed by atoms with E-state index in [1.165, 1.54) is 5.32 Å². The number of halogens is 4. The lowest BCUT2D eigenvalue weighted by molar-refractivity contribution is -0.167. The first kappa shape index (κ1) is 15.9. The lowest BCUT2D eigenvalue weighted by Crippen LogP contribution is -2.30. The summed E-state index contributed by atoms with van der Waals surface area (Å²) in [6.07, 6.45) is -5.11. The molecule has 4 nitrogen and oxygen atoms in total. The molecule has 0 spiro atoms. The molecule has 1 aliphatic heterocycles. The van der Waals surface area contributed by atoms with E-state index in [1.54, 1.807) is 0 Å². The number of amides is 1. The number of cyclic esters (lactones) is 1. The normalized spacial score (nSPS) is 13.0. The minimum absolute atomic E-state index is 0.0579. The van der Waals surface area contributed by atoms with Gasteiger partial charge in [0.1, 0.15) is 6.61 Å². The van der Waals surface area contributed by atoms with Crippen LogP contribution in [0.3, 0.4) is 0 Å². The van der Waals surface area contributed by atoms with Gasteiger partial charge in [-0.25, -0.2) is 9.18 Å². The van der Waals surface area contributed by atoms with E-state index in [9.17, 15) is 27.2 Å². The molecule has 8 heteroatoms. The molecule has 0 bridgehead atoms. The molecule has 1 heterocycles. The van der Waals surface area contributed by atoms with Crippen molar-refractivity contribution in [1.82, 2.24) is 0 Å². The average molecular weight is 293 g/mol. The van der Waals surface area contributed by atoms with Crippen LogP contribution in [0.2, 0.25) is 0 Å². The average Bonchev–Trinajstić information content (AvgIpc) is 2.76. The largest absolute Gasteiger partial charge is 0.471 e. The van der Waals surface area contributed by atoms with Gasteiger partial charge < -0.3 is 10.1 Å². The van der Waals surface area contributed by atoms with Crippen LogP contribution in [0.5, 0.6) is 0 Å². The van der Waals surface area contributed by atoms with Crippen molar-refractivity contribution >= 4 is 17.6 Å². The number of anilines is 1. The third-order valence-electron chi connectivity index (χ3n) is 2.32. The van der Waals surface area contributed by atoms with Gasteiger partial charge in [0.25, 0.3) is 0 Å². The highest BCUT2D eigenvalue weighted by Crippen LogP contribution is 2.28. The van der Waals surface area contributed by atoms with Crippen molar-refractivity contribution in [2.75, 3.05) is 5.32 Å². The number of carbonyl (C=O) groups excluding carboxylic acids is 2. The molecule has 0 aliphatic carbocycles. The summed E-state index contributed by atoms with van der Waals surface area (Å²) in [6.45, 7) is 3.63. The lowest BCUT2D eigenvalue weighted by atomic mass is 10.1. The molecule has 110 valence electrons. The van der Waals surface area contributed by atoms with E-state index in [-0.39, 0.29) is 17.7 Å². The molecule has 0 saturated carbocycles. The molecule has 0 atom stereocenters. The topological polar surface area (TPSA) is 55.4 Å². The Bertz CT molecular complexity index is 540. The molecule has 0 aromatic heterocycles. The summed E-state index contributed by atoms with van der Waals surface area (Å²) in [7, 11) is 0. The van der Waals surface area contributed by atoms with Crippen LogP contribution >= 0.6 is 0 Å². The first-order valence-corrected chi connectivity index (χ1v) is 5.67. The molecular weight excluding hydrogens is 282 g/mol. The summed E-state index contributed by atoms with van der Waals surface area (Å²) < 4.78 is 54.2. The van der Waals surface area contributed by atoms with Crippen molar-refractivity contribution in [3.63, 3.8) is 0 Å². The number of esters is 1. The van der Waals surface area contributed by atoms with Gasteiger partial charge >= 0.3 is 18.1 Å². The minimum Gasteiger partial charge on any atom is -0.457 e. The molecular formula is C12H11F4NO3. The van der Waals surface area contributed by atoms with Gasteiger partial charge in [-0.1, -0.05) is 13.8 Å². The molecule has 20 heavy (non-hydrogen) atoms. The molecule has 0 saturated heterocycles. The highest BCUT2D eigenvalue weighted by molar-refractivity contribution is 5.97. The quantitative estimate of drug-likeness (QED) is 0.639. The summed E-state index contributed by atoms with van der Waals surface area (Å²) in [5.74, 6) is -4.14. The number of nitrogens with one attached hydrogen (secondary N) is 1. The van der Waals surface area contributed by atoms with E-state index in [0.717, 1.165) is 12.1 Å². The maximum absolute atomic E-state index is 13.7. The zero-order valence-electron chi connectivity index (χ0n) is 10.6. The first-order valence-electron chi connectivity index (χ1n) is 5.67. The van der Waals surface area contributed by atoms with Gasteiger partial charge in [0.05, 0.1) is 11.3 Å². The van der Waals surface area contributed by atoms with Gasteiger partial charge in [-0.2, -0.15) is 13.2 Å². The van der Waals surface area contributed by atoms with Crippen LogP contribution in [0.25, 0.3) is 0 Å². The molecule has 0 unspecified atom stereocenters. The third kappa shape index (κ3) is 3.06. The maximum Gasteiger partial charge on any atom is 0.471 e. The summed E-state index contributed by atoms with van der Waals surface area (Å²) in [6, 6.07) is 1.98. The monoisotopic (exact) mass is 293 g/mol. The number of carbonyl (C=O) groups is 2. The second kappa shape index (κ2) is 5.89. The molecule has 2 rings (SSSR count). The Labute approximate surface area is 111 Å². The fraction of sp³-hybridized carbons (Fsp3) is 0.333. The van der Waals surface area contributed by atoms with Crippen molar-refractivity contribution < 1.29 is 31.9 Å². The SMILES string of the molecule is CC.O=C1OCc2c1ccc(NC(=O)C(F)(F)F)c2F. The Morgan fingerprint density at radius 2 is 1.90 bits per heavy atom. The number of fused-ring (bicyclic) bond motifs is 1. The summed E-state index contributed by atoms with van der Waals surface area (Å²) in [4.78, 5) is 21.7. The van der Waals surface area contributed by atoms with Gasteiger partial charge in [-0.05, 0) is 12.1 Å². The van der Waals surface area contributed by atoms with Crippen molar-refractivity contribution in [3.8, 4) is 0 Å². The zero-order chi connectivity index (χ0) is 15.5. The number of hydrogen-bond acceptors (Lipinski definition) is 3. The highest BCUT2D eigenvalue weighted by atomic mass is 19.4. The second-order valence-electron chi connectivity index (χ2n) is 3.48. The van der Waals surface area contributed by atoms with E-state index >= 15 is 0 Å². The van der Waals surface area contributed by atoms with Crippen LogP contribution in [0.15, 0.2) is 12.1 Å². The summed E-state index contributed by atoms with van der Waals surface area (Å²) >= 11 is 0. The van der Waals surface area contributed by atoms with Crippen LogP contribution in [-0.2, 0) is 16.1 Å². The molecule has 0 radical (unpaired) electrons. The van der Waals surface area contributed by atoms with E-state index in [2.05, 4.69) is 4.74 Å². The van der Waals surface area contributed by atoms with Crippen LogP contribution in [0.1, 0.15) is 29.8 Å². The number of ether oxygens (including phenoxy) is 1. The van der Waals surface area contributed by atoms with Crippen molar-refractivity contribution in [2.45, 2.75) is 26.6 Å². The predicted octanol–water partition coefficient (Wildman–Crippen LogP) is 3.02. The number of benzene rings is 1. The molecule has 0 fully saturated rings. The minimum atomic E-state index is -5.11. The van der Waals surface area contributed by atoms with Gasteiger partial charge in [0.15, 0.2) is 5.82 Å². The first-order chi connectivity index (χ1) is 9.30. The fourth-order valence-electron chi connectivity index (χ4n) is 1.46. The van der Waals surface area contributed by atoms with Crippen LogP contribution < -0.4 is 5.32 Å². The van der Waals surface area contributed by atoms with Crippen LogP contribution in [-0.4, -0.2) is 18.1 Å². The fourth-order valence-corrected chi connectivity index (χ4v) is 1.46. The van der Waals surface area contributed by atoms with E-state index in [4.69, 9.17) is 0 Å². The Hall–Kier alpha value is -2.12. The van der Waals surface area contributed by atoms with Crippen molar-refractivity contribution in [1.29, 1.82) is 0 Å². The Balaban J connectivity index is 0.000000956. The number of hydrogen-bond donors (Lipinski definition) is 1.